The summed E-state index contributed by atoms with van der Waals surface area (Å²) in [5, 5.41) is 2.88. The van der Waals surface area contributed by atoms with Crippen molar-refractivity contribution in [1.29, 1.82) is 0 Å². The molecule has 19 heavy (non-hydrogen) atoms. The highest BCUT2D eigenvalue weighted by molar-refractivity contribution is 5.93. The number of nitrogens with one attached hydrogen (secondary N) is 1. The first-order chi connectivity index (χ1) is 9.06. The van der Waals surface area contributed by atoms with Gasteiger partial charge in [0.05, 0.1) is 0 Å². The molecule has 1 fully saturated rings. The molecule has 0 unspecified atom stereocenters. The quantitative estimate of drug-likeness (QED) is 0.909. The van der Waals surface area contributed by atoms with Crippen LogP contribution in [0.25, 0.3) is 0 Å². The molecule has 0 aromatic carbocycles. The molecule has 1 amide bonds. The molecule has 1 aromatic rings. The average Bonchev–Trinajstić information content (AvgIpc) is 2.39. The smallest absolute Gasteiger partial charge is 0.270 e. The maximum Gasteiger partial charge on any atom is 0.270 e. The summed E-state index contributed by atoms with van der Waals surface area (Å²) in [7, 11) is 0. The third kappa shape index (κ3) is 3.69. The van der Waals surface area contributed by atoms with Crippen molar-refractivity contribution in [2.45, 2.75) is 39.7 Å². The number of aromatic nitrogens is 1. The zero-order valence-corrected chi connectivity index (χ0v) is 12.0. The van der Waals surface area contributed by atoms with Crippen molar-refractivity contribution in [3.63, 3.8) is 0 Å². The van der Waals surface area contributed by atoms with Crippen LogP contribution in [0.1, 0.15) is 44.1 Å². The van der Waals surface area contributed by atoms with Crippen molar-refractivity contribution in [2.24, 2.45) is 5.92 Å². The topological polar surface area (TPSA) is 45.2 Å². The predicted molar refractivity (Wildman–Crippen MR) is 77.5 cm³/mol. The highest BCUT2D eigenvalue weighted by Gasteiger charge is 2.17. The van der Waals surface area contributed by atoms with Gasteiger partial charge in [0.25, 0.3) is 5.91 Å². The van der Waals surface area contributed by atoms with Gasteiger partial charge in [0.1, 0.15) is 5.69 Å². The summed E-state index contributed by atoms with van der Waals surface area (Å²) in [5.74, 6) is 0.712. The van der Waals surface area contributed by atoms with Crippen LogP contribution in [0.15, 0.2) is 18.3 Å². The summed E-state index contributed by atoms with van der Waals surface area (Å²) in [6, 6.07) is 4.02. The van der Waals surface area contributed by atoms with E-state index in [4.69, 9.17) is 0 Å². The number of pyridine rings is 1. The standard InChI is InChI=1S/C15H23N3O/c1-11(2)17-15(19)14-10-13(4-7-16-14)18-8-5-12(3)6-9-18/h4,7,10-12H,5-6,8-9H2,1-3H3,(H,17,19). The molecule has 4 heteroatoms. The lowest BCUT2D eigenvalue weighted by molar-refractivity contribution is 0.0938. The number of piperidine rings is 1. The van der Waals surface area contributed by atoms with Gasteiger partial charge in [0.15, 0.2) is 0 Å². The van der Waals surface area contributed by atoms with Gasteiger partial charge in [0, 0.05) is 31.0 Å². The summed E-state index contributed by atoms with van der Waals surface area (Å²) in [4.78, 5) is 18.5. The molecule has 0 atom stereocenters. The van der Waals surface area contributed by atoms with Crippen molar-refractivity contribution in [2.75, 3.05) is 18.0 Å². The van der Waals surface area contributed by atoms with Crippen molar-refractivity contribution < 1.29 is 4.79 Å². The maximum atomic E-state index is 12.0. The number of carbonyl (C=O) groups is 1. The molecule has 2 heterocycles. The van der Waals surface area contributed by atoms with Gasteiger partial charge in [-0.05, 0) is 44.7 Å². The average molecular weight is 261 g/mol. The largest absolute Gasteiger partial charge is 0.371 e. The Morgan fingerprint density at radius 1 is 1.42 bits per heavy atom. The zero-order chi connectivity index (χ0) is 13.8. The first kappa shape index (κ1) is 13.8. The minimum Gasteiger partial charge on any atom is -0.371 e. The van der Waals surface area contributed by atoms with Gasteiger partial charge in [-0.25, -0.2) is 0 Å². The Labute approximate surface area is 115 Å². The monoisotopic (exact) mass is 261 g/mol. The second-order valence-corrected chi connectivity index (χ2v) is 5.70. The molecule has 1 N–H and O–H groups in total. The van der Waals surface area contributed by atoms with E-state index in [1.54, 1.807) is 6.20 Å². The van der Waals surface area contributed by atoms with Crippen LogP contribution in [0.2, 0.25) is 0 Å². The molecule has 2 rings (SSSR count). The van der Waals surface area contributed by atoms with E-state index < -0.39 is 0 Å². The molecular formula is C15H23N3O. The molecule has 0 radical (unpaired) electrons. The summed E-state index contributed by atoms with van der Waals surface area (Å²) < 4.78 is 0. The van der Waals surface area contributed by atoms with Crippen LogP contribution in [0.3, 0.4) is 0 Å². The number of carbonyl (C=O) groups excluding carboxylic acids is 1. The Kier molecular flexibility index (Phi) is 4.40. The Morgan fingerprint density at radius 2 is 2.11 bits per heavy atom. The molecule has 0 aliphatic carbocycles. The van der Waals surface area contributed by atoms with E-state index in [-0.39, 0.29) is 11.9 Å². The molecule has 104 valence electrons. The normalized spacial score (nSPS) is 16.7. The van der Waals surface area contributed by atoms with Crippen molar-refractivity contribution in [3.8, 4) is 0 Å². The van der Waals surface area contributed by atoms with E-state index in [1.165, 1.54) is 12.8 Å². The van der Waals surface area contributed by atoms with E-state index in [1.807, 2.05) is 26.0 Å². The Morgan fingerprint density at radius 3 is 2.74 bits per heavy atom. The van der Waals surface area contributed by atoms with E-state index in [0.29, 0.717) is 5.69 Å². The molecule has 0 saturated carbocycles. The fourth-order valence-electron chi connectivity index (χ4n) is 2.34. The fraction of sp³-hybridized carbons (Fsp3) is 0.600. The van der Waals surface area contributed by atoms with Crippen LogP contribution in [0, 0.1) is 5.92 Å². The van der Waals surface area contributed by atoms with Crippen LogP contribution in [-0.4, -0.2) is 30.0 Å². The van der Waals surface area contributed by atoms with Gasteiger partial charge in [0.2, 0.25) is 0 Å². The van der Waals surface area contributed by atoms with E-state index in [9.17, 15) is 4.79 Å². The minimum absolute atomic E-state index is 0.0952. The van der Waals surface area contributed by atoms with Crippen molar-refractivity contribution >= 4 is 11.6 Å². The van der Waals surface area contributed by atoms with Gasteiger partial charge in [-0.15, -0.1) is 0 Å². The third-order valence-electron chi connectivity index (χ3n) is 3.54. The third-order valence-corrected chi connectivity index (χ3v) is 3.54. The number of rotatable bonds is 3. The van der Waals surface area contributed by atoms with Crippen LogP contribution < -0.4 is 10.2 Å². The van der Waals surface area contributed by atoms with Crippen molar-refractivity contribution in [3.05, 3.63) is 24.0 Å². The minimum atomic E-state index is -0.0952. The molecular weight excluding hydrogens is 238 g/mol. The van der Waals surface area contributed by atoms with Gasteiger partial charge < -0.3 is 10.2 Å². The molecule has 1 aromatic heterocycles. The van der Waals surface area contributed by atoms with Gasteiger partial charge >= 0.3 is 0 Å². The second-order valence-electron chi connectivity index (χ2n) is 5.70. The number of amides is 1. The Balaban J connectivity index is 2.08. The second kappa shape index (κ2) is 6.04. The Bertz CT molecular complexity index is 437. The SMILES string of the molecule is CC1CCN(c2ccnc(C(=O)NC(C)C)c2)CC1. The lowest BCUT2D eigenvalue weighted by Gasteiger charge is -2.32. The maximum absolute atomic E-state index is 12.0. The van der Waals surface area contributed by atoms with Crippen molar-refractivity contribution in [1.82, 2.24) is 10.3 Å². The zero-order valence-electron chi connectivity index (χ0n) is 12.0. The summed E-state index contributed by atoms with van der Waals surface area (Å²) in [5.41, 5.74) is 1.61. The van der Waals surface area contributed by atoms with E-state index in [0.717, 1.165) is 24.7 Å². The summed E-state index contributed by atoms with van der Waals surface area (Å²) in [6.45, 7) is 8.33. The highest BCUT2D eigenvalue weighted by atomic mass is 16.1. The highest BCUT2D eigenvalue weighted by Crippen LogP contribution is 2.22. The van der Waals surface area contributed by atoms with Gasteiger partial charge in [-0.1, -0.05) is 6.92 Å². The van der Waals surface area contributed by atoms with Crippen LogP contribution in [0.4, 0.5) is 5.69 Å². The van der Waals surface area contributed by atoms with Crippen LogP contribution in [0.5, 0.6) is 0 Å². The van der Waals surface area contributed by atoms with Crippen LogP contribution >= 0.6 is 0 Å². The number of nitrogens with zero attached hydrogens (tertiary/aromatic N) is 2. The molecule has 4 nitrogen and oxygen atoms in total. The Hall–Kier alpha value is -1.58. The first-order valence-electron chi connectivity index (χ1n) is 7.08. The number of anilines is 1. The summed E-state index contributed by atoms with van der Waals surface area (Å²) >= 11 is 0. The predicted octanol–water partition coefficient (Wildman–Crippen LogP) is 2.46. The molecule has 1 saturated heterocycles. The van der Waals surface area contributed by atoms with Gasteiger partial charge in [-0.2, -0.15) is 0 Å². The molecule has 0 spiro atoms. The number of hydrogen-bond donors (Lipinski definition) is 1. The van der Waals surface area contributed by atoms with Crippen LogP contribution in [-0.2, 0) is 0 Å². The summed E-state index contributed by atoms with van der Waals surface area (Å²) in [6.07, 6.45) is 4.16. The first-order valence-corrected chi connectivity index (χ1v) is 7.08. The lowest BCUT2D eigenvalue weighted by Crippen LogP contribution is -2.34. The molecule has 1 aliphatic rings. The lowest BCUT2D eigenvalue weighted by atomic mass is 9.99. The van der Waals surface area contributed by atoms with E-state index in [2.05, 4.69) is 22.1 Å². The fourth-order valence-corrected chi connectivity index (χ4v) is 2.34. The molecule has 0 bridgehead atoms. The number of hydrogen-bond acceptors (Lipinski definition) is 3. The van der Waals surface area contributed by atoms with E-state index >= 15 is 0 Å². The molecule has 1 aliphatic heterocycles. The van der Waals surface area contributed by atoms with Gasteiger partial charge in [-0.3, -0.25) is 9.78 Å².